The summed E-state index contributed by atoms with van der Waals surface area (Å²) in [5.41, 5.74) is 1.86. The third-order valence-corrected chi connectivity index (χ3v) is 7.90. The lowest BCUT2D eigenvalue weighted by Crippen LogP contribution is -2.47. The van der Waals surface area contributed by atoms with Gasteiger partial charge in [0.25, 0.3) is 5.91 Å². The van der Waals surface area contributed by atoms with Crippen molar-refractivity contribution < 1.29 is 23.8 Å². The van der Waals surface area contributed by atoms with Crippen molar-refractivity contribution in [3.63, 3.8) is 0 Å². The summed E-state index contributed by atoms with van der Waals surface area (Å²) in [5, 5.41) is 4.03. The molecule has 0 spiro atoms. The fourth-order valence-electron chi connectivity index (χ4n) is 4.99. The monoisotopic (exact) mass is 521 g/mol. The zero-order chi connectivity index (χ0) is 25.9. The number of aromatic nitrogens is 1. The van der Waals surface area contributed by atoms with Gasteiger partial charge in [-0.3, -0.25) is 14.5 Å². The number of benzene rings is 2. The van der Waals surface area contributed by atoms with Gasteiger partial charge < -0.3 is 19.5 Å². The Balaban J connectivity index is 1.62. The minimum absolute atomic E-state index is 0.0862. The number of ether oxygens (including phenoxy) is 3. The molecule has 1 saturated carbocycles. The number of thiazole rings is 1. The van der Waals surface area contributed by atoms with Crippen LogP contribution in [0.4, 0.5) is 5.69 Å². The summed E-state index contributed by atoms with van der Waals surface area (Å²) >= 11 is 1.33. The van der Waals surface area contributed by atoms with Crippen molar-refractivity contribution in [2.45, 2.75) is 58.0 Å². The number of nitrogens with zero attached hydrogens (tertiary/aromatic N) is 2. The highest BCUT2D eigenvalue weighted by atomic mass is 32.1. The Morgan fingerprint density at radius 1 is 1.05 bits per heavy atom. The third-order valence-electron chi connectivity index (χ3n) is 6.84. The lowest BCUT2D eigenvalue weighted by Gasteiger charge is -2.33. The highest BCUT2D eigenvalue weighted by Gasteiger charge is 2.36. The van der Waals surface area contributed by atoms with E-state index in [0.29, 0.717) is 39.1 Å². The molecule has 0 bridgehead atoms. The Morgan fingerprint density at radius 2 is 1.78 bits per heavy atom. The maximum Gasteiger partial charge on any atom is 0.271 e. The number of methoxy groups -OCH3 is 1. The lowest BCUT2D eigenvalue weighted by molar-refractivity contribution is -0.123. The van der Waals surface area contributed by atoms with Crippen LogP contribution in [0.5, 0.6) is 17.2 Å². The third kappa shape index (κ3) is 5.27. The van der Waals surface area contributed by atoms with Gasteiger partial charge in [-0.25, -0.2) is 4.98 Å². The van der Waals surface area contributed by atoms with E-state index in [1.54, 1.807) is 42.3 Å². The van der Waals surface area contributed by atoms with Crippen LogP contribution in [0.1, 0.15) is 64.1 Å². The number of amides is 2. The molecule has 0 unspecified atom stereocenters. The quantitative estimate of drug-likeness (QED) is 0.452. The predicted octanol–water partition coefficient (Wildman–Crippen LogP) is 5.33. The van der Waals surface area contributed by atoms with E-state index in [9.17, 15) is 9.59 Å². The molecule has 37 heavy (non-hydrogen) atoms. The van der Waals surface area contributed by atoms with E-state index in [2.05, 4.69) is 10.3 Å². The van der Waals surface area contributed by atoms with Crippen LogP contribution in [0.25, 0.3) is 0 Å². The van der Waals surface area contributed by atoms with Crippen LogP contribution < -0.4 is 24.4 Å². The molecule has 0 radical (unpaired) electrons. The van der Waals surface area contributed by atoms with Crippen LogP contribution in [0, 0.1) is 13.8 Å². The minimum Gasteiger partial charge on any atom is -0.497 e. The zero-order valence-electron chi connectivity index (χ0n) is 21.3. The number of hydrogen-bond acceptors (Lipinski definition) is 7. The largest absolute Gasteiger partial charge is 0.497 e. The first-order valence-electron chi connectivity index (χ1n) is 12.6. The second kappa shape index (κ2) is 10.8. The molecule has 9 heteroatoms. The molecule has 1 atom stereocenters. The van der Waals surface area contributed by atoms with Crippen molar-refractivity contribution in [1.29, 1.82) is 0 Å². The molecular weight excluding hydrogens is 490 g/mol. The maximum absolute atomic E-state index is 14.2. The maximum atomic E-state index is 14.2. The molecule has 1 aromatic heterocycles. The number of carbonyl (C=O) groups is 2. The molecule has 1 aliphatic heterocycles. The van der Waals surface area contributed by atoms with E-state index < -0.39 is 6.04 Å². The number of rotatable bonds is 7. The lowest BCUT2D eigenvalue weighted by atomic mass is 9.94. The van der Waals surface area contributed by atoms with E-state index in [1.165, 1.54) is 17.8 Å². The average molecular weight is 522 g/mol. The van der Waals surface area contributed by atoms with Gasteiger partial charge >= 0.3 is 0 Å². The normalized spacial score (nSPS) is 15.8. The number of carbonyl (C=O) groups excluding carboxylic acids is 2. The topological polar surface area (TPSA) is 90.0 Å². The Morgan fingerprint density at radius 3 is 2.46 bits per heavy atom. The number of aryl methyl sites for hydroxylation is 2. The second-order valence-corrected chi connectivity index (χ2v) is 10.6. The molecule has 3 aromatic rings. The van der Waals surface area contributed by atoms with Crippen LogP contribution in [0.2, 0.25) is 0 Å². The first-order chi connectivity index (χ1) is 17.9. The van der Waals surface area contributed by atoms with E-state index in [0.717, 1.165) is 30.7 Å². The van der Waals surface area contributed by atoms with E-state index >= 15 is 0 Å². The van der Waals surface area contributed by atoms with Crippen molar-refractivity contribution >= 4 is 28.8 Å². The molecular formula is C28H31N3O5S. The Bertz CT molecular complexity index is 1280. The number of nitrogens with one attached hydrogen (secondary N) is 1. The van der Waals surface area contributed by atoms with E-state index in [1.807, 2.05) is 26.0 Å². The van der Waals surface area contributed by atoms with Gasteiger partial charge in [-0.1, -0.05) is 31.4 Å². The summed E-state index contributed by atoms with van der Waals surface area (Å²) in [7, 11) is 1.60. The Kier molecular flexibility index (Phi) is 7.32. The molecule has 8 nitrogen and oxygen atoms in total. The standard InChI is InChI=1S/C28H31N3O5S/c1-17-26(37-18(2)29-17)28(33)31(21-11-14-23-24(15-21)36-16-35-23)25(19-9-12-22(34-3)13-10-19)27(32)30-20-7-5-4-6-8-20/h9-15,20,25H,4-8,16H2,1-3H3,(H,30,32)/t25-/m1/s1. The van der Waals surface area contributed by atoms with Crippen LogP contribution >= 0.6 is 11.3 Å². The fraction of sp³-hybridized carbons (Fsp3) is 0.393. The molecule has 194 valence electrons. The van der Waals surface area contributed by atoms with E-state index in [-0.39, 0.29) is 24.6 Å². The van der Waals surface area contributed by atoms with Crippen molar-refractivity contribution in [3.8, 4) is 17.2 Å². The molecule has 2 aliphatic rings. The van der Waals surface area contributed by atoms with Gasteiger partial charge in [-0.15, -0.1) is 11.3 Å². The molecule has 2 heterocycles. The van der Waals surface area contributed by atoms with Gasteiger partial charge in [0, 0.05) is 17.8 Å². The summed E-state index contributed by atoms with van der Waals surface area (Å²) in [5.74, 6) is 1.30. The van der Waals surface area contributed by atoms with Gasteiger partial charge in [-0.2, -0.15) is 0 Å². The Hall–Kier alpha value is -3.59. The van der Waals surface area contributed by atoms with Crippen molar-refractivity contribution in [1.82, 2.24) is 10.3 Å². The molecule has 1 aliphatic carbocycles. The van der Waals surface area contributed by atoms with Gasteiger partial charge in [0.15, 0.2) is 11.5 Å². The van der Waals surface area contributed by atoms with Crippen LogP contribution in [0.15, 0.2) is 42.5 Å². The first-order valence-corrected chi connectivity index (χ1v) is 13.4. The van der Waals surface area contributed by atoms with Crippen LogP contribution in [0.3, 0.4) is 0 Å². The predicted molar refractivity (Wildman–Crippen MR) is 142 cm³/mol. The van der Waals surface area contributed by atoms with Gasteiger partial charge in [0.05, 0.1) is 17.8 Å². The van der Waals surface area contributed by atoms with E-state index in [4.69, 9.17) is 14.2 Å². The summed E-state index contributed by atoms with van der Waals surface area (Å²) in [4.78, 5) is 34.8. The second-order valence-electron chi connectivity index (χ2n) is 9.38. The smallest absolute Gasteiger partial charge is 0.271 e. The highest BCUT2D eigenvalue weighted by Crippen LogP contribution is 2.39. The van der Waals surface area contributed by atoms with Crippen molar-refractivity contribution in [2.75, 3.05) is 18.8 Å². The summed E-state index contributed by atoms with van der Waals surface area (Å²) < 4.78 is 16.4. The SMILES string of the molecule is COc1ccc([C@H](C(=O)NC2CCCCC2)N(C(=O)c2sc(C)nc2C)c2ccc3c(c2)OCO3)cc1. The summed E-state index contributed by atoms with van der Waals surface area (Å²) in [6, 6.07) is 11.8. The van der Waals surface area contributed by atoms with Gasteiger partial charge in [-0.05, 0) is 56.5 Å². The van der Waals surface area contributed by atoms with Crippen molar-refractivity contribution in [3.05, 3.63) is 63.6 Å². The number of anilines is 1. The number of fused-ring (bicyclic) bond motifs is 1. The van der Waals surface area contributed by atoms with Crippen LogP contribution in [-0.4, -0.2) is 36.7 Å². The number of hydrogen-bond donors (Lipinski definition) is 1. The summed E-state index contributed by atoms with van der Waals surface area (Å²) in [6.07, 6.45) is 5.23. The average Bonchev–Trinajstić information content (AvgIpc) is 3.52. The van der Waals surface area contributed by atoms with Gasteiger partial charge in [0.1, 0.15) is 16.7 Å². The molecule has 0 saturated heterocycles. The van der Waals surface area contributed by atoms with Crippen molar-refractivity contribution in [2.24, 2.45) is 0 Å². The molecule has 5 rings (SSSR count). The van der Waals surface area contributed by atoms with Crippen LogP contribution in [-0.2, 0) is 4.79 Å². The van der Waals surface area contributed by atoms with Gasteiger partial charge in [0.2, 0.25) is 12.7 Å². The minimum atomic E-state index is -0.914. The molecule has 2 aromatic carbocycles. The molecule has 2 amide bonds. The first kappa shape index (κ1) is 25.1. The molecule has 1 fully saturated rings. The highest BCUT2D eigenvalue weighted by molar-refractivity contribution is 7.13. The Labute approximate surface area is 220 Å². The molecule has 1 N–H and O–H groups in total. The summed E-state index contributed by atoms with van der Waals surface area (Å²) in [6.45, 7) is 3.80. The zero-order valence-corrected chi connectivity index (χ0v) is 22.1. The fourth-order valence-corrected chi connectivity index (χ4v) is 5.85.